The van der Waals surface area contributed by atoms with Gasteiger partial charge in [-0.15, -0.1) is 0 Å². The summed E-state index contributed by atoms with van der Waals surface area (Å²) in [5.41, 5.74) is -0.368. The van der Waals surface area contributed by atoms with Gasteiger partial charge in [0.2, 0.25) is 5.91 Å². The molecule has 2 saturated carbocycles. The van der Waals surface area contributed by atoms with Crippen molar-refractivity contribution in [2.24, 2.45) is 34.8 Å². The second-order valence-electron chi connectivity index (χ2n) is 13.3. The fourth-order valence-corrected chi connectivity index (χ4v) is 7.38. The van der Waals surface area contributed by atoms with Gasteiger partial charge in [0.1, 0.15) is 5.75 Å². The molecular formula is C29H36F3N3O7. The highest BCUT2D eigenvalue weighted by Gasteiger charge is 2.69. The standard InChI is InChI=1S/C29H36F3N3O7/c1-27(2,3)11-35(6)10-13-9-16(36)18-14(20(13)29(30,31)32)7-12-8-15-21(34(4)5)23(38)19(26(33)41)25(40)28(15,42)24(39)17(12)22(18)37/h9,12,15,17,19,21,36,42H,7-8,10-11H2,1-6H3,(H2,33,41)/t12-,15-,17?,19?,21-,28-/m0/s1. The van der Waals surface area contributed by atoms with Crippen molar-refractivity contribution in [1.29, 1.82) is 0 Å². The Morgan fingerprint density at radius 3 is 2.19 bits per heavy atom. The van der Waals surface area contributed by atoms with Gasteiger partial charge in [-0.1, -0.05) is 20.8 Å². The summed E-state index contributed by atoms with van der Waals surface area (Å²) >= 11 is 0. The highest BCUT2D eigenvalue weighted by atomic mass is 19.4. The maximum atomic E-state index is 14.6. The first kappa shape index (κ1) is 31.8. The lowest BCUT2D eigenvalue weighted by atomic mass is 9.52. The van der Waals surface area contributed by atoms with E-state index in [9.17, 15) is 47.4 Å². The molecule has 2 unspecified atom stereocenters. The van der Waals surface area contributed by atoms with E-state index in [4.69, 9.17) is 5.73 Å². The average Bonchev–Trinajstić information content (AvgIpc) is 2.78. The van der Waals surface area contributed by atoms with E-state index in [1.54, 1.807) is 11.9 Å². The Morgan fingerprint density at radius 2 is 1.69 bits per heavy atom. The molecule has 42 heavy (non-hydrogen) atoms. The second-order valence-corrected chi connectivity index (χ2v) is 13.3. The molecule has 3 aliphatic carbocycles. The number of carbonyl (C=O) groups is 5. The Kier molecular flexibility index (Phi) is 7.74. The van der Waals surface area contributed by atoms with Crippen LogP contribution in [0.4, 0.5) is 13.2 Å². The molecule has 0 spiro atoms. The van der Waals surface area contributed by atoms with Crippen LogP contribution in [0.3, 0.4) is 0 Å². The number of primary amides is 1. The van der Waals surface area contributed by atoms with Gasteiger partial charge in [0.25, 0.3) is 0 Å². The van der Waals surface area contributed by atoms with E-state index in [0.29, 0.717) is 6.54 Å². The van der Waals surface area contributed by atoms with Crippen molar-refractivity contribution in [3.8, 4) is 5.75 Å². The number of ketones is 4. The summed E-state index contributed by atoms with van der Waals surface area (Å²) in [7, 11) is 4.49. The maximum absolute atomic E-state index is 14.6. The first-order valence-corrected chi connectivity index (χ1v) is 13.6. The number of halogens is 3. The van der Waals surface area contributed by atoms with E-state index < -0.39 is 99.4 Å². The molecule has 1 aromatic carbocycles. The number of alkyl halides is 3. The molecule has 10 nitrogen and oxygen atoms in total. The van der Waals surface area contributed by atoms with Crippen molar-refractivity contribution < 1.29 is 47.4 Å². The summed E-state index contributed by atoms with van der Waals surface area (Å²) in [5, 5.41) is 22.5. The molecular weight excluding hydrogens is 559 g/mol. The molecule has 13 heteroatoms. The number of aromatic hydroxyl groups is 1. The molecule has 4 rings (SSSR count). The number of nitrogens with zero attached hydrogens (tertiary/aromatic N) is 2. The zero-order chi connectivity index (χ0) is 31.9. The van der Waals surface area contributed by atoms with Gasteiger partial charge >= 0.3 is 6.18 Å². The van der Waals surface area contributed by atoms with Crippen LogP contribution in [0.5, 0.6) is 5.75 Å². The average molecular weight is 596 g/mol. The molecule has 0 bridgehead atoms. The number of carbonyl (C=O) groups excluding carboxylic acids is 5. The van der Waals surface area contributed by atoms with E-state index in [-0.39, 0.29) is 23.9 Å². The van der Waals surface area contributed by atoms with Gasteiger partial charge in [-0.05, 0) is 62.5 Å². The molecule has 230 valence electrons. The van der Waals surface area contributed by atoms with Crippen LogP contribution in [0.1, 0.15) is 54.2 Å². The molecule has 0 saturated heterocycles. The number of aliphatic hydroxyl groups is 1. The first-order valence-electron chi connectivity index (χ1n) is 13.6. The smallest absolute Gasteiger partial charge is 0.417 e. The third-order valence-electron chi connectivity index (χ3n) is 8.61. The number of phenols is 1. The van der Waals surface area contributed by atoms with Crippen LogP contribution in [0.2, 0.25) is 0 Å². The monoisotopic (exact) mass is 595 g/mol. The molecule has 1 aromatic rings. The fourth-order valence-electron chi connectivity index (χ4n) is 7.38. The lowest BCUT2D eigenvalue weighted by Crippen LogP contribution is -2.74. The SMILES string of the molecule is CN(Cc1cc(O)c2c(c1C(F)(F)F)C[C@H]1C[C@H]3[C@H](N(C)C)C(=O)C(C(N)=O)C(=O)[C@@]3(O)C(=O)C1C2=O)CC(C)(C)C. The minimum absolute atomic E-state index is 0.184. The van der Waals surface area contributed by atoms with Crippen LogP contribution < -0.4 is 5.73 Å². The van der Waals surface area contributed by atoms with Crippen molar-refractivity contribution >= 4 is 29.0 Å². The Bertz CT molecular complexity index is 1380. The van der Waals surface area contributed by atoms with Crippen LogP contribution in [0.25, 0.3) is 0 Å². The summed E-state index contributed by atoms with van der Waals surface area (Å²) in [5.74, 6) is -13.4. The molecule has 0 aromatic heterocycles. The summed E-state index contributed by atoms with van der Waals surface area (Å²) < 4.78 is 43.9. The molecule has 3 aliphatic rings. The van der Waals surface area contributed by atoms with Crippen LogP contribution in [0.15, 0.2) is 6.07 Å². The lowest BCUT2D eigenvalue weighted by molar-refractivity contribution is -0.181. The van der Waals surface area contributed by atoms with Crippen molar-refractivity contribution in [2.45, 2.75) is 58.0 Å². The van der Waals surface area contributed by atoms with Crippen molar-refractivity contribution in [3.05, 3.63) is 28.3 Å². The third-order valence-corrected chi connectivity index (χ3v) is 8.61. The zero-order valence-corrected chi connectivity index (χ0v) is 24.3. The molecule has 0 radical (unpaired) electrons. The normalized spacial score (nSPS) is 30.0. The number of hydrogen-bond donors (Lipinski definition) is 3. The number of hydrogen-bond acceptors (Lipinski definition) is 9. The zero-order valence-electron chi connectivity index (χ0n) is 24.3. The van der Waals surface area contributed by atoms with Gasteiger partial charge in [0, 0.05) is 19.0 Å². The summed E-state index contributed by atoms with van der Waals surface area (Å²) in [6, 6.07) is -0.473. The Morgan fingerprint density at radius 1 is 1.10 bits per heavy atom. The number of fused-ring (bicyclic) bond motifs is 3. The second kappa shape index (κ2) is 10.2. The van der Waals surface area contributed by atoms with E-state index >= 15 is 0 Å². The Balaban J connectivity index is 1.87. The highest BCUT2D eigenvalue weighted by molar-refractivity contribution is 6.32. The van der Waals surface area contributed by atoms with Crippen LogP contribution in [-0.4, -0.2) is 88.4 Å². The highest BCUT2D eigenvalue weighted by Crippen LogP contribution is 2.52. The maximum Gasteiger partial charge on any atom is 0.417 e. The number of phenolic OH excluding ortho intramolecular Hbond substituents is 1. The molecule has 2 fully saturated rings. The van der Waals surface area contributed by atoms with E-state index in [1.165, 1.54) is 19.0 Å². The number of rotatable bonds is 5. The van der Waals surface area contributed by atoms with Gasteiger partial charge in [0.05, 0.1) is 23.1 Å². The van der Waals surface area contributed by atoms with Crippen LogP contribution in [-0.2, 0) is 38.3 Å². The van der Waals surface area contributed by atoms with Crippen molar-refractivity contribution in [2.75, 3.05) is 27.7 Å². The van der Waals surface area contributed by atoms with E-state index in [0.717, 1.165) is 6.07 Å². The number of Topliss-reactive ketones (excluding diaryl/α,β-unsaturated/α-hetero) is 4. The van der Waals surface area contributed by atoms with Gasteiger partial charge < -0.3 is 20.8 Å². The predicted molar refractivity (Wildman–Crippen MR) is 142 cm³/mol. The minimum Gasteiger partial charge on any atom is -0.507 e. The summed E-state index contributed by atoms with van der Waals surface area (Å²) in [4.78, 5) is 69.1. The minimum atomic E-state index is -4.92. The third kappa shape index (κ3) is 4.94. The lowest BCUT2D eigenvalue weighted by Gasteiger charge is -2.52. The van der Waals surface area contributed by atoms with Crippen LogP contribution >= 0.6 is 0 Å². The largest absolute Gasteiger partial charge is 0.507 e. The van der Waals surface area contributed by atoms with Crippen LogP contribution in [0, 0.1) is 29.1 Å². The fraction of sp³-hybridized carbons (Fsp3) is 0.621. The van der Waals surface area contributed by atoms with Crippen molar-refractivity contribution in [3.63, 3.8) is 0 Å². The molecule has 1 amide bonds. The molecule has 4 N–H and O–H groups in total. The number of nitrogens with two attached hydrogens (primary N) is 1. The Hall–Kier alpha value is -3.16. The van der Waals surface area contributed by atoms with Gasteiger partial charge in [-0.25, -0.2) is 0 Å². The number of amides is 1. The van der Waals surface area contributed by atoms with Gasteiger partial charge in [-0.2, -0.15) is 13.2 Å². The first-order chi connectivity index (χ1) is 19.1. The predicted octanol–water partition coefficient (Wildman–Crippen LogP) is 1.36. The van der Waals surface area contributed by atoms with E-state index in [2.05, 4.69) is 0 Å². The van der Waals surface area contributed by atoms with E-state index in [1.807, 2.05) is 20.8 Å². The van der Waals surface area contributed by atoms with Crippen molar-refractivity contribution in [1.82, 2.24) is 9.80 Å². The topological polar surface area (TPSA) is 158 Å². The van der Waals surface area contributed by atoms with Gasteiger partial charge in [0.15, 0.2) is 34.7 Å². The summed E-state index contributed by atoms with van der Waals surface area (Å²) in [6.07, 6.45) is -5.72. The number of benzene rings is 1. The Labute approximate surface area is 241 Å². The number of likely N-dealkylation sites (N-methyl/N-ethyl adjacent to an activating group) is 1. The summed E-state index contributed by atoms with van der Waals surface area (Å²) in [6.45, 7) is 6.02. The van der Waals surface area contributed by atoms with Gasteiger partial charge in [-0.3, -0.25) is 28.9 Å². The molecule has 0 heterocycles. The molecule has 0 aliphatic heterocycles. The quantitative estimate of drug-likeness (QED) is 0.428. The molecule has 6 atom stereocenters.